The van der Waals surface area contributed by atoms with Gasteiger partial charge in [0.1, 0.15) is 11.9 Å². The van der Waals surface area contributed by atoms with E-state index >= 15 is 0 Å². The molecule has 5 heteroatoms. The third-order valence-corrected chi connectivity index (χ3v) is 3.77. The second-order valence-corrected chi connectivity index (χ2v) is 5.38. The van der Waals surface area contributed by atoms with Crippen LogP contribution in [0.5, 0.6) is 5.75 Å². The van der Waals surface area contributed by atoms with E-state index in [1.807, 2.05) is 30.3 Å². The SMILES string of the molecule is Cn1cc(C(=O)N[C@@H]2CCC[C@H]2Oc2ccccc2)cn1. The molecule has 2 atom stereocenters. The summed E-state index contributed by atoms with van der Waals surface area (Å²) in [6.45, 7) is 0. The fourth-order valence-electron chi connectivity index (χ4n) is 2.70. The van der Waals surface area contributed by atoms with Crippen LogP contribution in [0.2, 0.25) is 0 Å². The Morgan fingerprint density at radius 1 is 1.33 bits per heavy atom. The minimum atomic E-state index is -0.0864. The van der Waals surface area contributed by atoms with Crippen LogP contribution in [-0.4, -0.2) is 27.8 Å². The average molecular weight is 285 g/mol. The van der Waals surface area contributed by atoms with Gasteiger partial charge in [-0.15, -0.1) is 0 Å². The van der Waals surface area contributed by atoms with Gasteiger partial charge in [-0.25, -0.2) is 0 Å². The molecule has 0 spiro atoms. The quantitative estimate of drug-likeness (QED) is 0.936. The molecule has 1 aromatic heterocycles. The maximum Gasteiger partial charge on any atom is 0.254 e. The van der Waals surface area contributed by atoms with Crippen molar-refractivity contribution < 1.29 is 9.53 Å². The van der Waals surface area contributed by atoms with Crippen LogP contribution in [0.15, 0.2) is 42.7 Å². The number of carbonyl (C=O) groups is 1. The van der Waals surface area contributed by atoms with Crippen molar-refractivity contribution in [1.29, 1.82) is 0 Å². The van der Waals surface area contributed by atoms with Gasteiger partial charge in [0, 0.05) is 13.2 Å². The minimum absolute atomic E-state index is 0.0352. The van der Waals surface area contributed by atoms with Crippen LogP contribution in [0.4, 0.5) is 0 Å². The maximum absolute atomic E-state index is 12.2. The van der Waals surface area contributed by atoms with Gasteiger partial charge < -0.3 is 10.1 Å². The number of rotatable bonds is 4. The normalized spacial score (nSPS) is 21.2. The zero-order valence-electron chi connectivity index (χ0n) is 12.0. The molecule has 0 radical (unpaired) electrons. The molecule has 5 nitrogen and oxygen atoms in total. The molecule has 110 valence electrons. The number of nitrogens with one attached hydrogen (secondary N) is 1. The van der Waals surface area contributed by atoms with E-state index in [9.17, 15) is 4.79 Å². The van der Waals surface area contributed by atoms with Gasteiger partial charge >= 0.3 is 0 Å². The number of aromatic nitrogens is 2. The molecule has 1 aliphatic carbocycles. The van der Waals surface area contributed by atoms with Gasteiger partial charge in [-0.1, -0.05) is 18.2 Å². The van der Waals surface area contributed by atoms with Gasteiger partial charge in [-0.05, 0) is 31.4 Å². The van der Waals surface area contributed by atoms with Crippen molar-refractivity contribution in [1.82, 2.24) is 15.1 Å². The predicted octanol–water partition coefficient (Wildman–Crippen LogP) is 2.15. The summed E-state index contributed by atoms with van der Waals surface area (Å²) in [6, 6.07) is 9.80. The first-order chi connectivity index (χ1) is 10.2. The number of carbonyl (C=O) groups excluding carboxylic acids is 1. The van der Waals surface area contributed by atoms with Crippen molar-refractivity contribution in [3.05, 3.63) is 48.3 Å². The summed E-state index contributed by atoms with van der Waals surface area (Å²) in [5, 5.41) is 7.09. The fourth-order valence-corrected chi connectivity index (χ4v) is 2.70. The van der Waals surface area contributed by atoms with E-state index in [-0.39, 0.29) is 18.1 Å². The number of para-hydroxylation sites is 1. The van der Waals surface area contributed by atoms with Crippen molar-refractivity contribution in [2.45, 2.75) is 31.4 Å². The lowest BCUT2D eigenvalue weighted by atomic mass is 10.2. The van der Waals surface area contributed by atoms with Crippen molar-refractivity contribution in [2.24, 2.45) is 7.05 Å². The van der Waals surface area contributed by atoms with E-state index in [4.69, 9.17) is 4.74 Å². The maximum atomic E-state index is 12.2. The number of hydrogen-bond acceptors (Lipinski definition) is 3. The summed E-state index contributed by atoms with van der Waals surface area (Å²) >= 11 is 0. The molecule has 0 saturated heterocycles. The molecule has 1 heterocycles. The first-order valence-electron chi connectivity index (χ1n) is 7.23. The van der Waals surface area contributed by atoms with E-state index in [1.54, 1.807) is 24.1 Å². The van der Waals surface area contributed by atoms with Crippen LogP contribution in [0.1, 0.15) is 29.6 Å². The summed E-state index contributed by atoms with van der Waals surface area (Å²) in [5.74, 6) is 0.765. The lowest BCUT2D eigenvalue weighted by molar-refractivity contribution is 0.0894. The number of nitrogens with zero attached hydrogens (tertiary/aromatic N) is 2. The van der Waals surface area contributed by atoms with Gasteiger partial charge in [0.15, 0.2) is 0 Å². The number of ether oxygens (including phenoxy) is 1. The Bertz CT molecular complexity index is 609. The Labute approximate surface area is 123 Å². The molecule has 0 bridgehead atoms. The van der Waals surface area contributed by atoms with Crippen LogP contribution in [0.3, 0.4) is 0 Å². The molecule has 1 N–H and O–H groups in total. The molecule has 1 aliphatic rings. The zero-order valence-corrected chi connectivity index (χ0v) is 12.0. The third kappa shape index (κ3) is 3.24. The number of aryl methyl sites for hydroxylation is 1. The lowest BCUT2D eigenvalue weighted by Crippen LogP contribution is -2.42. The Morgan fingerprint density at radius 2 is 2.14 bits per heavy atom. The topological polar surface area (TPSA) is 56.2 Å². The summed E-state index contributed by atoms with van der Waals surface area (Å²) in [4.78, 5) is 12.2. The highest BCUT2D eigenvalue weighted by molar-refractivity contribution is 5.93. The standard InChI is InChI=1S/C16H19N3O2/c1-19-11-12(10-17-19)16(20)18-14-8-5-9-15(14)21-13-6-3-2-4-7-13/h2-4,6-7,10-11,14-15H,5,8-9H2,1H3,(H,18,20)/t14-,15-/m1/s1. The van der Waals surface area contributed by atoms with Crippen molar-refractivity contribution in [3.63, 3.8) is 0 Å². The van der Waals surface area contributed by atoms with Gasteiger partial charge in [-0.2, -0.15) is 5.10 Å². The van der Waals surface area contributed by atoms with E-state index in [0.29, 0.717) is 5.56 Å². The molecular weight excluding hydrogens is 266 g/mol. The van der Waals surface area contributed by atoms with Crippen molar-refractivity contribution >= 4 is 5.91 Å². The monoisotopic (exact) mass is 285 g/mol. The summed E-state index contributed by atoms with van der Waals surface area (Å²) in [7, 11) is 1.80. The molecule has 1 aromatic carbocycles. The van der Waals surface area contributed by atoms with Crippen LogP contribution in [0, 0.1) is 0 Å². The van der Waals surface area contributed by atoms with Crippen LogP contribution < -0.4 is 10.1 Å². The fraction of sp³-hybridized carbons (Fsp3) is 0.375. The van der Waals surface area contributed by atoms with E-state index < -0.39 is 0 Å². The zero-order chi connectivity index (χ0) is 14.7. The summed E-state index contributed by atoms with van der Waals surface area (Å²) in [5.41, 5.74) is 0.586. The first-order valence-corrected chi connectivity index (χ1v) is 7.23. The Kier molecular flexibility index (Phi) is 3.90. The average Bonchev–Trinajstić information content (AvgIpc) is 3.10. The Hall–Kier alpha value is -2.30. The number of hydrogen-bond donors (Lipinski definition) is 1. The van der Waals surface area contributed by atoms with E-state index in [2.05, 4.69) is 10.4 Å². The molecule has 1 fully saturated rings. The second kappa shape index (κ2) is 5.99. The Morgan fingerprint density at radius 3 is 2.86 bits per heavy atom. The van der Waals surface area contributed by atoms with Gasteiger partial charge in [0.05, 0.1) is 17.8 Å². The molecule has 2 aromatic rings. The van der Waals surface area contributed by atoms with Crippen LogP contribution in [-0.2, 0) is 7.05 Å². The smallest absolute Gasteiger partial charge is 0.254 e. The molecule has 0 aliphatic heterocycles. The highest BCUT2D eigenvalue weighted by atomic mass is 16.5. The van der Waals surface area contributed by atoms with E-state index in [1.165, 1.54) is 0 Å². The van der Waals surface area contributed by atoms with Crippen molar-refractivity contribution in [3.8, 4) is 5.75 Å². The summed E-state index contributed by atoms with van der Waals surface area (Å²) < 4.78 is 7.62. The van der Waals surface area contributed by atoms with Crippen molar-refractivity contribution in [2.75, 3.05) is 0 Å². The number of amides is 1. The highest BCUT2D eigenvalue weighted by Crippen LogP contribution is 2.24. The highest BCUT2D eigenvalue weighted by Gasteiger charge is 2.30. The molecule has 1 saturated carbocycles. The molecule has 1 amide bonds. The third-order valence-electron chi connectivity index (χ3n) is 3.77. The molecule has 0 unspecified atom stereocenters. The van der Waals surface area contributed by atoms with Crippen LogP contribution >= 0.6 is 0 Å². The first kappa shape index (κ1) is 13.7. The number of benzene rings is 1. The molecular formula is C16H19N3O2. The molecule has 3 rings (SSSR count). The second-order valence-electron chi connectivity index (χ2n) is 5.38. The van der Waals surface area contributed by atoms with Gasteiger partial charge in [0.25, 0.3) is 5.91 Å². The predicted molar refractivity (Wildman–Crippen MR) is 79.2 cm³/mol. The molecule has 21 heavy (non-hydrogen) atoms. The van der Waals surface area contributed by atoms with Gasteiger partial charge in [-0.3, -0.25) is 9.48 Å². The van der Waals surface area contributed by atoms with Crippen LogP contribution in [0.25, 0.3) is 0 Å². The van der Waals surface area contributed by atoms with Gasteiger partial charge in [0.2, 0.25) is 0 Å². The lowest BCUT2D eigenvalue weighted by Gasteiger charge is -2.22. The summed E-state index contributed by atoms with van der Waals surface area (Å²) in [6.07, 6.45) is 6.31. The largest absolute Gasteiger partial charge is 0.488 e. The minimum Gasteiger partial charge on any atom is -0.488 e. The Balaban J connectivity index is 1.63. The van der Waals surface area contributed by atoms with E-state index in [0.717, 1.165) is 25.0 Å².